The van der Waals surface area contributed by atoms with Crippen molar-refractivity contribution < 1.29 is 4.79 Å². The van der Waals surface area contributed by atoms with E-state index in [1.54, 1.807) is 0 Å². The Labute approximate surface area is 67.8 Å². The van der Waals surface area contributed by atoms with Gasteiger partial charge in [0.2, 0.25) is 5.91 Å². The van der Waals surface area contributed by atoms with Crippen LogP contribution >= 0.6 is 0 Å². The Kier molecular flexibility index (Phi) is 2.49. The Hall–Kier alpha value is -0.570. The van der Waals surface area contributed by atoms with Crippen LogP contribution in [0.25, 0.3) is 0 Å². The summed E-state index contributed by atoms with van der Waals surface area (Å²) in [5.41, 5.74) is 0. The van der Waals surface area contributed by atoms with E-state index in [2.05, 4.69) is 10.2 Å². The van der Waals surface area contributed by atoms with Crippen molar-refractivity contribution in [3.8, 4) is 0 Å². The molecule has 3 heteroatoms. The van der Waals surface area contributed by atoms with E-state index in [1.165, 1.54) is 0 Å². The molecule has 1 saturated heterocycles. The lowest BCUT2D eigenvalue weighted by Gasteiger charge is -2.12. The molecule has 0 bridgehead atoms. The van der Waals surface area contributed by atoms with Gasteiger partial charge in [0.25, 0.3) is 0 Å². The first kappa shape index (κ1) is 8.53. The van der Waals surface area contributed by atoms with Crippen molar-refractivity contribution in [2.45, 2.75) is 19.4 Å². The van der Waals surface area contributed by atoms with Crippen LogP contribution in [0, 0.1) is 5.92 Å². The number of hydrogen-bond acceptors (Lipinski definition) is 2. The molecule has 0 aromatic heterocycles. The molecule has 1 aliphatic heterocycles. The molecule has 64 valence electrons. The molecule has 11 heavy (non-hydrogen) atoms. The average molecular weight is 156 g/mol. The third kappa shape index (κ3) is 2.19. The standard InChI is InChI=1S/C8H16N2O/c1-6-4-7(5-10(2)3)8(11)9-6/h6-7H,4-5H2,1-3H3,(H,9,11). The number of carbonyl (C=O) groups excluding carboxylic acids is 1. The summed E-state index contributed by atoms with van der Waals surface area (Å²) in [5, 5.41) is 2.91. The highest BCUT2D eigenvalue weighted by Gasteiger charge is 2.29. The quantitative estimate of drug-likeness (QED) is 0.613. The fourth-order valence-electron chi connectivity index (χ4n) is 1.55. The monoisotopic (exact) mass is 156 g/mol. The molecule has 0 radical (unpaired) electrons. The van der Waals surface area contributed by atoms with E-state index in [-0.39, 0.29) is 11.8 Å². The van der Waals surface area contributed by atoms with Crippen LogP contribution in [0.4, 0.5) is 0 Å². The topological polar surface area (TPSA) is 32.3 Å². The minimum atomic E-state index is 0.208. The van der Waals surface area contributed by atoms with E-state index in [0.717, 1.165) is 13.0 Å². The molecule has 1 heterocycles. The fraction of sp³-hybridized carbons (Fsp3) is 0.875. The maximum Gasteiger partial charge on any atom is 0.224 e. The first-order chi connectivity index (χ1) is 5.09. The molecule has 1 amide bonds. The summed E-state index contributed by atoms with van der Waals surface area (Å²) in [5.74, 6) is 0.422. The van der Waals surface area contributed by atoms with Gasteiger partial charge in [0.15, 0.2) is 0 Å². The number of nitrogens with zero attached hydrogens (tertiary/aromatic N) is 1. The van der Waals surface area contributed by atoms with Gasteiger partial charge in [-0.3, -0.25) is 4.79 Å². The van der Waals surface area contributed by atoms with Crippen LogP contribution < -0.4 is 5.32 Å². The maximum absolute atomic E-state index is 11.2. The van der Waals surface area contributed by atoms with Gasteiger partial charge in [-0.25, -0.2) is 0 Å². The molecule has 1 rings (SSSR count). The van der Waals surface area contributed by atoms with Crippen molar-refractivity contribution in [2.75, 3.05) is 20.6 Å². The van der Waals surface area contributed by atoms with E-state index >= 15 is 0 Å². The molecule has 1 N–H and O–H groups in total. The molecule has 2 unspecified atom stereocenters. The van der Waals surface area contributed by atoms with Gasteiger partial charge in [-0.2, -0.15) is 0 Å². The fourth-order valence-corrected chi connectivity index (χ4v) is 1.55. The number of rotatable bonds is 2. The van der Waals surface area contributed by atoms with Crippen molar-refractivity contribution in [3.63, 3.8) is 0 Å². The Balaban J connectivity index is 2.41. The van der Waals surface area contributed by atoms with Gasteiger partial charge in [0, 0.05) is 12.6 Å². The van der Waals surface area contributed by atoms with E-state index in [1.807, 2.05) is 21.0 Å². The van der Waals surface area contributed by atoms with Crippen molar-refractivity contribution >= 4 is 5.91 Å². The van der Waals surface area contributed by atoms with Crippen LogP contribution in [0.2, 0.25) is 0 Å². The van der Waals surface area contributed by atoms with Crippen LogP contribution in [0.15, 0.2) is 0 Å². The van der Waals surface area contributed by atoms with Crippen molar-refractivity contribution in [1.29, 1.82) is 0 Å². The molecule has 2 atom stereocenters. The average Bonchev–Trinajstić information content (AvgIpc) is 2.09. The van der Waals surface area contributed by atoms with E-state index < -0.39 is 0 Å². The normalized spacial score (nSPS) is 31.1. The summed E-state index contributed by atoms with van der Waals surface area (Å²) in [6.07, 6.45) is 0.983. The van der Waals surface area contributed by atoms with E-state index in [4.69, 9.17) is 0 Å². The maximum atomic E-state index is 11.2. The molecule has 1 fully saturated rings. The number of carbonyl (C=O) groups is 1. The second kappa shape index (κ2) is 3.22. The number of hydrogen-bond donors (Lipinski definition) is 1. The Morgan fingerprint density at radius 1 is 1.64 bits per heavy atom. The van der Waals surface area contributed by atoms with Crippen LogP contribution in [-0.2, 0) is 4.79 Å². The summed E-state index contributed by atoms with van der Waals surface area (Å²) in [4.78, 5) is 13.2. The molecule has 0 aliphatic carbocycles. The predicted octanol–water partition coefficient (Wildman–Crippen LogP) is 0.0726. The highest BCUT2D eigenvalue weighted by Crippen LogP contribution is 2.14. The molecular formula is C8H16N2O. The highest BCUT2D eigenvalue weighted by molar-refractivity contribution is 5.81. The first-order valence-corrected chi connectivity index (χ1v) is 4.04. The van der Waals surface area contributed by atoms with Gasteiger partial charge >= 0.3 is 0 Å². The van der Waals surface area contributed by atoms with E-state index in [9.17, 15) is 4.79 Å². The lowest BCUT2D eigenvalue weighted by Crippen LogP contribution is -2.28. The summed E-state index contributed by atoms with van der Waals surface area (Å²) in [7, 11) is 3.99. The lowest BCUT2D eigenvalue weighted by molar-refractivity contribution is -0.122. The summed E-state index contributed by atoms with van der Waals surface area (Å²) in [6.45, 7) is 2.92. The van der Waals surface area contributed by atoms with Gasteiger partial charge in [-0.15, -0.1) is 0 Å². The zero-order valence-corrected chi connectivity index (χ0v) is 7.42. The molecule has 0 aromatic carbocycles. The Morgan fingerprint density at radius 3 is 2.64 bits per heavy atom. The number of amides is 1. The largest absolute Gasteiger partial charge is 0.353 e. The van der Waals surface area contributed by atoms with Gasteiger partial charge in [0.05, 0.1) is 5.92 Å². The van der Waals surface area contributed by atoms with Gasteiger partial charge in [-0.1, -0.05) is 0 Å². The second-order valence-corrected chi connectivity index (χ2v) is 3.60. The molecule has 3 nitrogen and oxygen atoms in total. The molecular weight excluding hydrogens is 140 g/mol. The third-order valence-electron chi connectivity index (χ3n) is 1.98. The van der Waals surface area contributed by atoms with Gasteiger partial charge in [0.1, 0.15) is 0 Å². The third-order valence-corrected chi connectivity index (χ3v) is 1.98. The SMILES string of the molecule is CC1CC(CN(C)C)C(=O)N1. The minimum Gasteiger partial charge on any atom is -0.353 e. The number of nitrogens with one attached hydrogen (secondary N) is 1. The Bertz CT molecular complexity index is 156. The zero-order valence-electron chi connectivity index (χ0n) is 7.42. The van der Waals surface area contributed by atoms with Gasteiger partial charge in [-0.05, 0) is 27.4 Å². The Morgan fingerprint density at radius 2 is 2.27 bits per heavy atom. The smallest absolute Gasteiger partial charge is 0.224 e. The van der Waals surface area contributed by atoms with Crippen molar-refractivity contribution in [1.82, 2.24) is 10.2 Å². The van der Waals surface area contributed by atoms with Crippen LogP contribution in [0.3, 0.4) is 0 Å². The lowest BCUT2D eigenvalue weighted by atomic mass is 10.1. The zero-order chi connectivity index (χ0) is 8.43. The molecule has 1 aliphatic rings. The predicted molar refractivity (Wildman–Crippen MR) is 44.3 cm³/mol. The van der Waals surface area contributed by atoms with Crippen LogP contribution in [0.5, 0.6) is 0 Å². The summed E-state index contributed by atoms with van der Waals surface area (Å²) in [6, 6.07) is 0.368. The summed E-state index contributed by atoms with van der Waals surface area (Å²) < 4.78 is 0. The van der Waals surface area contributed by atoms with Crippen molar-refractivity contribution in [2.24, 2.45) is 5.92 Å². The summed E-state index contributed by atoms with van der Waals surface area (Å²) >= 11 is 0. The molecule has 0 spiro atoms. The minimum absolute atomic E-state index is 0.208. The van der Waals surface area contributed by atoms with Crippen molar-refractivity contribution in [3.05, 3.63) is 0 Å². The van der Waals surface area contributed by atoms with Crippen LogP contribution in [-0.4, -0.2) is 37.5 Å². The van der Waals surface area contributed by atoms with Crippen LogP contribution in [0.1, 0.15) is 13.3 Å². The highest BCUT2D eigenvalue weighted by atomic mass is 16.2. The van der Waals surface area contributed by atoms with E-state index in [0.29, 0.717) is 6.04 Å². The molecule has 0 saturated carbocycles. The van der Waals surface area contributed by atoms with Gasteiger partial charge < -0.3 is 10.2 Å². The molecule has 0 aromatic rings. The second-order valence-electron chi connectivity index (χ2n) is 3.60. The first-order valence-electron chi connectivity index (χ1n) is 4.04.